The third-order valence-electron chi connectivity index (χ3n) is 1.15. The van der Waals surface area contributed by atoms with Crippen LogP contribution in [0.4, 0.5) is 0 Å². The molecule has 2 heteroatoms. The van der Waals surface area contributed by atoms with Crippen LogP contribution >= 0.6 is 27.3 Å². The summed E-state index contributed by atoms with van der Waals surface area (Å²) in [5.74, 6) is 0. The van der Waals surface area contributed by atoms with Gasteiger partial charge in [-0.25, -0.2) is 0 Å². The first kappa shape index (κ1) is 9.49. The third-order valence-corrected chi connectivity index (χ3v) is 2.63. The van der Waals surface area contributed by atoms with Crippen molar-refractivity contribution in [3.63, 3.8) is 0 Å². The molecule has 0 saturated carbocycles. The second-order valence-electron chi connectivity index (χ2n) is 2.07. The molecule has 0 bridgehead atoms. The molecule has 2 aromatic rings. The van der Waals surface area contributed by atoms with Gasteiger partial charge in [0, 0.05) is 0 Å². The average molecular weight is 241 g/mol. The van der Waals surface area contributed by atoms with Crippen molar-refractivity contribution in [3.8, 4) is 0 Å². The standard InChI is InChI=1S/C6H6.C4H3BrS/c1-2-4-6-5-3-1;5-4-2-1-3-6-4/h1-6H;1-3H. The summed E-state index contributed by atoms with van der Waals surface area (Å²) in [5.41, 5.74) is 0. The van der Waals surface area contributed by atoms with Crippen molar-refractivity contribution in [2.75, 3.05) is 0 Å². The summed E-state index contributed by atoms with van der Waals surface area (Å²) in [6, 6.07) is 16.0. The Balaban J connectivity index is 0.000000120. The monoisotopic (exact) mass is 240 g/mol. The summed E-state index contributed by atoms with van der Waals surface area (Å²) < 4.78 is 1.20. The zero-order valence-corrected chi connectivity index (χ0v) is 8.88. The summed E-state index contributed by atoms with van der Waals surface area (Å²) in [7, 11) is 0. The summed E-state index contributed by atoms with van der Waals surface area (Å²) in [4.78, 5) is 0. The molecule has 0 aliphatic rings. The lowest BCUT2D eigenvalue weighted by atomic mass is 10.4. The zero-order valence-electron chi connectivity index (χ0n) is 6.48. The second kappa shape index (κ2) is 5.98. The molecule has 0 unspecified atom stereocenters. The topological polar surface area (TPSA) is 0 Å². The molecule has 1 aromatic heterocycles. The van der Waals surface area contributed by atoms with Gasteiger partial charge in [0.2, 0.25) is 0 Å². The van der Waals surface area contributed by atoms with Gasteiger partial charge in [0.15, 0.2) is 0 Å². The van der Waals surface area contributed by atoms with E-state index in [4.69, 9.17) is 0 Å². The molecule has 12 heavy (non-hydrogen) atoms. The molecule has 0 radical (unpaired) electrons. The average Bonchev–Trinajstić information content (AvgIpc) is 2.60. The normalized spacial score (nSPS) is 8.42. The number of benzene rings is 1. The Hall–Kier alpha value is -0.600. The van der Waals surface area contributed by atoms with Crippen LogP contribution in [-0.4, -0.2) is 0 Å². The van der Waals surface area contributed by atoms with Gasteiger partial charge in [0.1, 0.15) is 0 Å². The molecule has 1 aromatic carbocycles. The van der Waals surface area contributed by atoms with Crippen LogP contribution in [0.25, 0.3) is 0 Å². The molecule has 62 valence electrons. The minimum atomic E-state index is 1.20. The molecule has 0 amide bonds. The predicted octanol–water partition coefficient (Wildman–Crippen LogP) is 4.20. The molecule has 0 atom stereocenters. The minimum Gasteiger partial charge on any atom is -0.137 e. The molecule has 0 nitrogen and oxygen atoms in total. The van der Waals surface area contributed by atoms with Gasteiger partial charge < -0.3 is 0 Å². The van der Waals surface area contributed by atoms with Crippen molar-refractivity contribution in [1.29, 1.82) is 0 Å². The SMILES string of the molecule is Brc1cccs1.c1ccccc1. The molecule has 2 rings (SSSR count). The van der Waals surface area contributed by atoms with Crippen molar-refractivity contribution in [3.05, 3.63) is 57.7 Å². The van der Waals surface area contributed by atoms with Crippen molar-refractivity contribution in [2.24, 2.45) is 0 Å². The number of rotatable bonds is 0. The Kier molecular flexibility index (Phi) is 4.73. The molecular formula is C10H9BrS. The largest absolute Gasteiger partial charge is 0.137 e. The molecule has 1 heterocycles. The lowest BCUT2D eigenvalue weighted by Gasteiger charge is -1.69. The van der Waals surface area contributed by atoms with Gasteiger partial charge in [-0.15, -0.1) is 11.3 Å². The Morgan fingerprint density at radius 1 is 0.833 bits per heavy atom. The fourth-order valence-corrected chi connectivity index (χ4v) is 1.56. The molecule has 0 fully saturated rings. The van der Waals surface area contributed by atoms with E-state index in [0.717, 1.165) is 0 Å². The quantitative estimate of drug-likeness (QED) is 0.648. The molecule has 0 N–H and O–H groups in total. The molecule has 0 aliphatic heterocycles. The van der Waals surface area contributed by atoms with E-state index < -0.39 is 0 Å². The highest BCUT2D eigenvalue weighted by atomic mass is 79.9. The van der Waals surface area contributed by atoms with Gasteiger partial charge in [0.25, 0.3) is 0 Å². The van der Waals surface area contributed by atoms with Crippen molar-refractivity contribution >= 4 is 27.3 Å². The van der Waals surface area contributed by atoms with Crippen LogP contribution in [0.5, 0.6) is 0 Å². The highest BCUT2D eigenvalue weighted by Crippen LogP contribution is 2.14. The van der Waals surface area contributed by atoms with Crippen molar-refractivity contribution < 1.29 is 0 Å². The van der Waals surface area contributed by atoms with Crippen molar-refractivity contribution in [2.45, 2.75) is 0 Å². The van der Waals surface area contributed by atoms with E-state index in [2.05, 4.69) is 15.9 Å². The maximum Gasteiger partial charge on any atom is 0.0698 e. The van der Waals surface area contributed by atoms with E-state index in [1.165, 1.54) is 3.79 Å². The van der Waals surface area contributed by atoms with Crippen LogP contribution in [0.1, 0.15) is 0 Å². The summed E-state index contributed by atoms with van der Waals surface area (Å²) in [5, 5.41) is 2.03. The summed E-state index contributed by atoms with van der Waals surface area (Å²) in [6.45, 7) is 0. The van der Waals surface area contributed by atoms with Gasteiger partial charge in [0.05, 0.1) is 3.79 Å². The Morgan fingerprint density at radius 3 is 1.50 bits per heavy atom. The third kappa shape index (κ3) is 4.31. The maximum atomic E-state index is 3.30. The van der Waals surface area contributed by atoms with Gasteiger partial charge in [-0.2, -0.15) is 0 Å². The van der Waals surface area contributed by atoms with E-state index >= 15 is 0 Å². The van der Waals surface area contributed by atoms with Gasteiger partial charge in [-0.3, -0.25) is 0 Å². The predicted molar refractivity (Wildman–Crippen MR) is 58.5 cm³/mol. The molecule has 0 aliphatic carbocycles. The minimum absolute atomic E-state index is 1.20. The van der Waals surface area contributed by atoms with Crippen LogP contribution in [0.2, 0.25) is 0 Å². The van der Waals surface area contributed by atoms with Crippen LogP contribution < -0.4 is 0 Å². The van der Waals surface area contributed by atoms with E-state index in [-0.39, 0.29) is 0 Å². The number of hydrogen-bond donors (Lipinski definition) is 0. The fraction of sp³-hybridized carbons (Fsp3) is 0. The van der Waals surface area contributed by atoms with Crippen LogP contribution in [0.15, 0.2) is 57.7 Å². The lowest BCUT2D eigenvalue weighted by molar-refractivity contribution is 1.72. The Morgan fingerprint density at radius 2 is 1.33 bits per heavy atom. The second-order valence-corrected chi connectivity index (χ2v) is 4.40. The number of thiophene rings is 1. The highest BCUT2D eigenvalue weighted by Gasteiger charge is 1.77. The van der Waals surface area contributed by atoms with E-state index in [1.807, 2.05) is 53.9 Å². The van der Waals surface area contributed by atoms with Crippen LogP contribution in [-0.2, 0) is 0 Å². The first-order chi connectivity index (χ1) is 5.89. The first-order valence-corrected chi connectivity index (χ1v) is 5.26. The van der Waals surface area contributed by atoms with Gasteiger partial charge in [-0.05, 0) is 27.4 Å². The molecule has 0 saturated heterocycles. The smallest absolute Gasteiger partial charge is 0.0698 e. The first-order valence-electron chi connectivity index (χ1n) is 3.58. The fourth-order valence-electron chi connectivity index (χ4n) is 0.643. The maximum absolute atomic E-state index is 3.30. The zero-order chi connectivity index (χ0) is 8.65. The van der Waals surface area contributed by atoms with E-state index in [9.17, 15) is 0 Å². The van der Waals surface area contributed by atoms with Crippen LogP contribution in [0, 0.1) is 0 Å². The Bertz CT molecular complexity index is 249. The van der Waals surface area contributed by atoms with Gasteiger partial charge in [-0.1, -0.05) is 42.5 Å². The van der Waals surface area contributed by atoms with Crippen LogP contribution in [0.3, 0.4) is 0 Å². The van der Waals surface area contributed by atoms with Crippen molar-refractivity contribution in [1.82, 2.24) is 0 Å². The lowest BCUT2D eigenvalue weighted by Crippen LogP contribution is -1.47. The molecular weight excluding hydrogens is 232 g/mol. The van der Waals surface area contributed by atoms with E-state index in [0.29, 0.717) is 0 Å². The molecule has 0 spiro atoms. The summed E-state index contributed by atoms with van der Waals surface area (Å²) >= 11 is 4.99. The van der Waals surface area contributed by atoms with Gasteiger partial charge >= 0.3 is 0 Å². The number of hydrogen-bond acceptors (Lipinski definition) is 1. The summed E-state index contributed by atoms with van der Waals surface area (Å²) in [6.07, 6.45) is 0. The number of halogens is 1. The Labute approximate surface area is 85.0 Å². The van der Waals surface area contributed by atoms with E-state index in [1.54, 1.807) is 11.3 Å². The highest BCUT2D eigenvalue weighted by molar-refractivity contribution is 9.11.